The Morgan fingerprint density at radius 1 is 1.17 bits per heavy atom. The molecule has 0 bridgehead atoms. The fraction of sp³-hybridized carbons (Fsp3) is 0. The van der Waals surface area contributed by atoms with Crippen LogP contribution in [0.2, 0.25) is 0 Å². The second-order valence-electron chi connectivity index (χ2n) is 2.43. The number of fused-ring (bicyclic) bond motifs is 1. The summed E-state index contributed by atoms with van der Waals surface area (Å²) in [6.45, 7) is 0. The van der Waals surface area contributed by atoms with Crippen molar-refractivity contribution in [3.8, 4) is 0 Å². The summed E-state index contributed by atoms with van der Waals surface area (Å²) in [5.41, 5.74) is -0.287. The van der Waals surface area contributed by atoms with E-state index in [1.807, 2.05) is 18.2 Å². The first-order valence-electron chi connectivity index (χ1n) is 3.46. The number of benzene rings is 1. The van der Waals surface area contributed by atoms with Crippen LogP contribution in [0, 0.1) is 0 Å². The molecule has 1 aromatic heterocycles. The van der Waals surface area contributed by atoms with Crippen molar-refractivity contribution in [2.75, 3.05) is 0 Å². The van der Waals surface area contributed by atoms with Crippen molar-refractivity contribution in [1.29, 1.82) is 0 Å². The molecule has 2 rings (SSSR count). The predicted molar refractivity (Wildman–Crippen MR) is 47.9 cm³/mol. The van der Waals surface area contributed by atoms with Gasteiger partial charge in [0.2, 0.25) is 0 Å². The molecule has 0 amide bonds. The molecule has 0 saturated heterocycles. The van der Waals surface area contributed by atoms with E-state index in [9.17, 15) is 4.79 Å². The topological polar surface area (TPSA) is 30.2 Å². The number of hydrogen-bond donors (Lipinski definition) is 0. The van der Waals surface area contributed by atoms with Crippen LogP contribution in [0.1, 0.15) is 0 Å². The normalized spacial score (nSPS) is 10.3. The fourth-order valence-electron chi connectivity index (χ4n) is 1.11. The van der Waals surface area contributed by atoms with Gasteiger partial charge in [-0.3, -0.25) is 0 Å². The number of rotatable bonds is 0. The minimum absolute atomic E-state index is 0.287. The SMILES string of the molecule is O=c1occ([Se])c2ccccc12. The minimum atomic E-state index is -0.287. The van der Waals surface area contributed by atoms with Crippen LogP contribution in [0.15, 0.2) is 39.7 Å². The van der Waals surface area contributed by atoms with Crippen molar-refractivity contribution in [2.24, 2.45) is 0 Å². The van der Waals surface area contributed by atoms with Crippen molar-refractivity contribution in [1.82, 2.24) is 0 Å². The molecule has 3 heteroatoms. The van der Waals surface area contributed by atoms with Gasteiger partial charge in [0.1, 0.15) is 0 Å². The monoisotopic (exact) mass is 225 g/mol. The first kappa shape index (κ1) is 7.59. The average Bonchev–Trinajstić information content (AvgIpc) is 2.12. The van der Waals surface area contributed by atoms with Gasteiger partial charge in [-0.25, -0.2) is 0 Å². The van der Waals surface area contributed by atoms with Gasteiger partial charge in [-0.2, -0.15) is 0 Å². The molecule has 0 saturated carbocycles. The third kappa shape index (κ3) is 1.07. The van der Waals surface area contributed by atoms with E-state index in [-0.39, 0.29) is 5.63 Å². The van der Waals surface area contributed by atoms with Crippen molar-refractivity contribution < 1.29 is 4.42 Å². The summed E-state index contributed by atoms with van der Waals surface area (Å²) in [5.74, 6) is 0. The summed E-state index contributed by atoms with van der Waals surface area (Å²) in [6.07, 6.45) is 1.44. The van der Waals surface area contributed by atoms with E-state index in [4.69, 9.17) is 4.42 Å². The third-order valence-electron chi connectivity index (χ3n) is 1.69. The maximum atomic E-state index is 11.2. The molecular formula is C9H5O2Se. The molecule has 59 valence electrons. The average molecular weight is 224 g/mol. The Balaban J connectivity index is 3.05. The van der Waals surface area contributed by atoms with Crippen LogP contribution in [-0.2, 0) is 0 Å². The van der Waals surface area contributed by atoms with Gasteiger partial charge in [0, 0.05) is 0 Å². The van der Waals surface area contributed by atoms with Crippen LogP contribution < -0.4 is 10.1 Å². The Labute approximate surface area is 77.0 Å². The molecule has 1 aromatic carbocycles. The maximum absolute atomic E-state index is 11.2. The van der Waals surface area contributed by atoms with Crippen LogP contribution in [0.25, 0.3) is 10.8 Å². The zero-order valence-electron chi connectivity index (χ0n) is 6.11. The molecule has 0 N–H and O–H groups in total. The van der Waals surface area contributed by atoms with Crippen molar-refractivity contribution in [3.63, 3.8) is 0 Å². The molecule has 1 heterocycles. The van der Waals surface area contributed by atoms with E-state index in [0.717, 1.165) is 9.85 Å². The van der Waals surface area contributed by atoms with E-state index < -0.39 is 0 Å². The van der Waals surface area contributed by atoms with Crippen molar-refractivity contribution in [2.45, 2.75) is 0 Å². The van der Waals surface area contributed by atoms with Crippen LogP contribution >= 0.6 is 0 Å². The van der Waals surface area contributed by atoms with Crippen LogP contribution in [-0.4, -0.2) is 16.0 Å². The molecular weight excluding hydrogens is 219 g/mol. The summed E-state index contributed by atoms with van der Waals surface area (Å²) in [7, 11) is 0. The molecule has 2 nitrogen and oxygen atoms in total. The van der Waals surface area contributed by atoms with E-state index in [2.05, 4.69) is 16.0 Å². The van der Waals surface area contributed by atoms with Gasteiger partial charge in [0.25, 0.3) is 0 Å². The predicted octanol–water partition coefficient (Wildman–Crippen LogP) is 0.587. The van der Waals surface area contributed by atoms with Gasteiger partial charge in [0.05, 0.1) is 0 Å². The van der Waals surface area contributed by atoms with Crippen LogP contribution in [0.5, 0.6) is 0 Å². The summed E-state index contributed by atoms with van der Waals surface area (Å²) in [6, 6.07) is 7.35. The quantitative estimate of drug-likeness (QED) is 0.613. The molecule has 0 atom stereocenters. The van der Waals surface area contributed by atoms with Gasteiger partial charge < -0.3 is 0 Å². The summed E-state index contributed by atoms with van der Waals surface area (Å²) >= 11 is 2.84. The molecule has 0 fully saturated rings. The Morgan fingerprint density at radius 3 is 2.50 bits per heavy atom. The Bertz CT molecular complexity index is 473. The fourth-order valence-corrected chi connectivity index (χ4v) is 1.58. The molecule has 0 aliphatic carbocycles. The molecule has 0 aliphatic heterocycles. The van der Waals surface area contributed by atoms with Gasteiger partial charge in [0.15, 0.2) is 0 Å². The van der Waals surface area contributed by atoms with Crippen LogP contribution in [0.4, 0.5) is 0 Å². The molecule has 0 spiro atoms. The Morgan fingerprint density at radius 2 is 1.83 bits per heavy atom. The van der Waals surface area contributed by atoms with Gasteiger partial charge >= 0.3 is 76.6 Å². The first-order chi connectivity index (χ1) is 5.79. The van der Waals surface area contributed by atoms with E-state index >= 15 is 0 Å². The second kappa shape index (κ2) is 2.77. The molecule has 0 aliphatic rings. The first-order valence-corrected chi connectivity index (χ1v) is 4.32. The van der Waals surface area contributed by atoms with Gasteiger partial charge in [-0.05, 0) is 0 Å². The van der Waals surface area contributed by atoms with Gasteiger partial charge in [-0.15, -0.1) is 0 Å². The van der Waals surface area contributed by atoms with Gasteiger partial charge in [-0.1, -0.05) is 0 Å². The van der Waals surface area contributed by atoms with E-state index in [1.54, 1.807) is 6.07 Å². The molecule has 2 aromatic rings. The molecule has 12 heavy (non-hydrogen) atoms. The number of hydrogen-bond acceptors (Lipinski definition) is 2. The van der Waals surface area contributed by atoms with Crippen molar-refractivity contribution >= 4 is 31.2 Å². The third-order valence-corrected chi connectivity index (χ3v) is 2.35. The van der Waals surface area contributed by atoms with Crippen LogP contribution in [0.3, 0.4) is 0 Å². The Kier molecular flexibility index (Phi) is 1.75. The summed E-state index contributed by atoms with van der Waals surface area (Å²) in [5, 5.41) is 1.53. The zero-order valence-corrected chi connectivity index (χ0v) is 7.82. The van der Waals surface area contributed by atoms with E-state index in [1.165, 1.54) is 6.26 Å². The molecule has 1 radical (unpaired) electrons. The standard InChI is InChI=1S/C9H5O2Se/c10-9-7-4-2-1-3-6(7)8(12)5-11-9/h1-5H. The zero-order chi connectivity index (χ0) is 8.55. The van der Waals surface area contributed by atoms with E-state index in [0.29, 0.717) is 5.39 Å². The second-order valence-corrected chi connectivity index (χ2v) is 3.36. The summed E-state index contributed by atoms with van der Waals surface area (Å²) in [4.78, 5) is 11.2. The Hall–Kier alpha value is -1.05. The summed E-state index contributed by atoms with van der Waals surface area (Å²) < 4.78 is 5.65. The van der Waals surface area contributed by atoms with Crippen molar-refractivity contribution in [3.05, 3.63) is 40.9 Å². The molecule has 0 unspecified atom stereocenters.